The van der Waals surface area contributed by atoms with Gasteiger partial charge in [0.15, 0.2) is 5.96 Å². The van der Waals surface area contributed by atoms with Gasteiger partial charge in [0.25, 0.3) is 0 Å². The van der Waals surface area contributed by atoms with Crippen LogP contribution in [0.25, 0.3) is 0 Å². The van der Waals surface area contributed by atoms with Crippen LogP contribution in [0.3, 0.4) is 0 Å². The van der Waals surface area contributed by atoms with Gasteiger partial charge in [-0.2, -0.15) is 0 Å². The number of likely N-dealkylation sites (N-methyl/N-ethyl adjacent to an activating group) is 1. The minimum Gasteiger partial charge on any atom is -0.379 e. The summed E-state index contributed by atoms with van der Waals surface area (Å²) in [5.41, 5.74) is 0. The van der Waals surface area contributed by atoms with E-state index >= 15 is 0 Å². The molecular formula is C18H39IN4O2. The first kappa shape index (κ1) is 24.9. The summed E-state index contributed by atoms with van der Waals surface area (Å²) in [5.74, 6) is 0.861. The molecule has 0 saturated carbocycles. The first-order chi connectivity index (χ1) is 11.8. The molecule has 1 fully saturated rings. The molecule has 0 amide bonds. The van der Waals surface area contributed by atoms with Crippen LogP contribution in [0.15, 0.2) is 4.99 Å². The molecule has 0 aromatic rings. The molecule has 0 radical (unpaired) electrons. The predicted octanol–water partition coefficient (Wildman–Crippen LogP) is 2.48. The lowest BCUT2D eigenvalue weighted by molar-refractivity contribution is 0.0487. The Morgan fingerprint density at radius 3 is 2.52 bits per heavy atom. The Balaban J connectivity index is 0.00000576. The maximum Gasteiger partial charge on any atom is 0.191 e. The van der Waals surface area contributed by atoms with Gasteiger partial charge in [-0.25, -0.2) is 0 Å². The number of halogens is 1. The first-order valence-electron chi connectivity index (χ1n) is 9.65. The maximum absolute atomic E-state index is 5.56. The van der Waals surface area contributed by atoms with Gasteiger partial charge in [0, 0.05) is 32.8 Å². The van der Waals surface area contributed by atoms with Gasteiger partial charge < -0.3 is 20.1 Å². The third-order valence-electron chi connectivity index (χ3n) is 4.44. The Labute approximate surface area is 171 Å². The minimum atomic E-state index is 0. The lowest BCUT2D eigenvalue weighted by Crippen LogP contribution is -2.49. The Kier molecular flexibility index (Phi) is 17.2. The molecule has 1 aliphatic heterocycles. The number of nitrogens with one attached hydrogen (secondary N) is 2. The zero-order valence-corrected chi connectivity index (χ0v) is 18.7. The van der Waals surface area contributed by atoms with Crippen molar-refractivity contribution in [3.63, 3.8) is 0 Å². The van der Waals surface area contributed by atoms with E-state index in [1.165, 1.54) is 32.2 Å². The van der Waals surface area contributed by atoms with Gasteiger partial charge in [0.1, 0.15) is 0 Å². The van der Waals surface area contributed by atoms with Crippen LogP contribution in [0.1, 0.15) is 46.0 Å². The van der Waals surface area contributed by atoms with Gasteiger partial charge in [0.2, 0.25) is 0 Å². The molecule has 1 unspecified atom stereocenters. The zero-order chi connectivity index (χ0) is 17.5. The van der Waals surface area contributed by atoms with Crippen LogP contribution in [0.5, 0.6) is 0 Å². The SMILES string of the molecule is CCCCOCCOCCNC(=NC)NCC1CCCCN1CC.I. The van der Waals surface area contributed by atoms with Gasteiger partial charge >= 0.3 is 0 Å². The van der Waals surface area contributed by atoms with Crippen molar-refractivity contribution in [2.45, 2.75) is 52.0 Å². The molecule has 6 nitrogen and oxygen atoms in total. The molecule has 1 atom stereocenters. The summed E-state index contributed by atoms with van der Waals surface area (Å²) in [5, 5.41) is 6.75. The quantitative estimate of drug-likeness (QED) is 0.199. The second-order valence-electron chi connectivity index (χ2n) is 6.24. The van der Waals surface area contributed by atoms with Crippen molar-refractivity contribution in [3.8, 4) is 0 Å². The second-order valence-corrected chi connectivity index (χ2v) is 6.24. The standard InChI is InChI=1S/C18H38N4O2.HI/c1-4-6-12-23-14-15-24-13-10-20-18(19-3)21-16-17-9-7-8-11-22(17)5-2;/h17H,4-16H2,1-3H3,(H2,19,20,21);1H. The summed E-state index contributed by atoms with van der Waals surface area (Å²) >= 11 is 0. The van der Waals surface area contributed by atoms with Gasteiger partial charge in [-0.3, -0.25) is 9.89 Å². The third-order valence-corrected chi connectivity index (χ3v) is 4.44. The topological polar surface area (TPSA) is 58.1 Å². The minimum absolute atomic E-state index is 0. The summed E-state index contributed by atoms with van der Waals surface area (Å²) in [6.07, 6.45) is 6.24. The van der Waals surface area contributed by atoms with E-state index in [1.54, 1.807) is 0 Å². The van der Waals surface area contributed by atoms with Crippen LogP contribution < -0.4 is 10.6 Å². The third kappa shape index (κ3) is 12.0. The van der Waals surface area contributed by atoms with Crippen LogP contribution >= 0.6 is 24.0 Å². The molecule has 1 rings (SSSR count). The van der Waals surface area contributed by atoms with E-state index in [9.17, 15) is 0 Å². The molecule has 1 aliphatic rings. The number of guanidine groups is 1. The van der Waals surface area contributed by atoms with Crippen molar-refractivity contribution >= 4 is 29.9 Å². The van der Waals surface area contributed by atoms with Gasteiger partial charge in [-0.1, -0.05) is 26.7 Å². The fourth-order valence-corrected chi connectivity index (χ4v) is 2.95. The molecule has 0 spiro atoms. The van der Waals surface area contributed by atoms with Gasteiger partial charge in [0.05, 0.1) is 19.8 Å². The number of hydrogen-bond donors (Lipinski definition) is 2. The first-order valence-corrected chi connectivity index (χ1v) is 9.65. The summed E-state index contributed by atoms with van der Waals surface area (Å²) in [6.45, 7) is 11.3. The Morgan fingerprint density at radius 1 is 1.08 bits per heavy atom. The van der Waals surface area contributed by atoms with Crippen molar-refractivity contribution < 1.29 is 9.47 Å². The molecule has 0 aromatic carbocycles. The van der Waals surface area contributed by atoms with Crippen LogP contribution in [-0.2, 0) is 9.47 Å². The predicted molar refractivity (Wildman–Crippen MR) is 116 cm³/mol. The molecule has 25 heavy (non-hydrogen) atoms. The van der Waals surface area contributed by atoms with E-state index in [0.29, 0.717) is 25.9 Å². The summed E-state index contributed by atoms with van der Waals surface area (Å²) in [4.78, 5) is 6.85. The van der Waals surface area contributed by atoms with Crippen LogP contribution in [0, 0.1) is 0 Å². The van der Waals surface area contributed by atoms with Gasteiger partial charge in [-0.15, -0.1) is 24.0 Å². The van der Waals surface area contributed by atoms with Crippen LogP contribution in [0.2, 0.25) is 0 Å². The van der Waals surface area contributed by atoms with E-state index in [4.69, 9.17) is 9.47 Å². The van der Waals surface area contributed by atoms with E-state index in [2.05, 4.69) is 34.4 Å². The Bertz CT molecular complexity index is 332. The summed E-state index contributed by atoms with van der Waals surface area (Å²) in [6, 6.07) is 0.624. The normalized spacial score (nSPS) is 18.7. The Morgan fingerprint density at radius 2 is 1.84 bits per heavy atom. The molecule has 1 saturated heterocycles. The molecule has 7 heteroatoms. The smallest absolute Gasteiger partial charge is 0.191 e. The zero-order valence-electron chi connectivity index (χ0n) is 16.4. The summed E-state index contributed by atoms with van der Waals surface area (Å²) in [7, 11) is 1.82. The van der Waals surface area contributed by atoms with E-state index in [0.717, 1.165) is 38.6 Å². The van der Waals surface area contributed by atoms with E-state index in [-0.39, 0.29) is 24.0 Å². The average Bonchev–Trinajstić information content (AvgIpc) is 2.63. The van der Waals surface area contributed by atoms with E-state index < -0.39 is 0 Å². The van der Waals surface area contributed by atoms with Crippen LogP contribution in [0.4, 0.5) is 0 Å². The number of piperidine rings is 1. The number of rotatable bonds is 12. The Hall–Kier alpha value is -0.120. The van der Waals surface area contributed by atoms with Crippen molar-refractivity contribution in [1.82, 2.24) is 15.5 Å². The van der Waals surface area contributed by atoms with Crippen molar-refractivity contribution in [3.05, 3.63) is 0 Å². The highest BCUT2D eigenvalue weighted by Crippen LogP contribution is 2.15. The van der Waals surface area contributed by atoms with E-state index in [1.807, 2.05) is 7.05 Å². The highest BCUT2D eigenvalue weighted by molar-refractivity contribution is 14.0. The fourth-order valence-electron chi connectivity index (χ4n) is 2.95. The lowest BCUT2D eigenvalue weighted by atomic mass is 10.0. The number of hydrogen-bond acceptors (Lipinski definition) is 4. The molecule has 0 bridgehead atoms. The fraction of sp³-hybridized carbons (Fsp3) is 0.944. The lowest BCUT2D eigenvalue weighted by Gasteiger charge is -2.35. The van der Waals surface area contributed by atoms with Crippen molar-refractivity contribution in [1.29, 1.82) is 0 Å². The number of nitrogens with zero attached hydrogens (tertiary/aromatic N) is 2. The number of likely N-dealkylation sites (tertiary alicyclic amines) is 1. The molecule has 150 valence electrons. The van der Waals surface area contributed by atoms with Crippen LogP contribution in [-0.4, -0.2) is 76.6 Å². The second kappa shape index (κ2) is 17.3. The molecular weight excluding hydrogens is 431 g/mol. The summed E-state index contributed by atoms with van der Waals surface area (Å²) < 4.78 is 11.0. The monoisotopic (exact) mass is 470 g/mol. The van der Waals surface area contributed by atoms with Crippen molar-refractivity contribution in [2.24, 2.45) is 4.99 Å². The molecule has 0 aliphatic carbocycles. The van der Waals surface area contributed by atoms with Gasteiger partial charge in [-0.05, 0) is 32.4 Å². The molecule has 0 aromatic heterocycles. The number of ether oxygens (including phenoxy) is 2. The molecule has 1 heterocycles. The maximum atomic E-state index is 5.56. The largest absolute Gasteiger partial charge is 0.379 e. The average molecular weight is 470 g/mol. The van der Waals surface area contributed by atoms with Crippen molar-refractivity contribution in [2.75, 3.05) is 59.7 Å². The number of aliphatic imine (C=N–C) groups is 1. The molecule has 2 N–H and O–H groups in total. The highest BCUT2D eigenvalue weighted by atomic mass is 127. The highest BCUT2D eigenvalue weighted by Gasteiger charge is 2.20. The number of unbranched alkanes of at least 4 members (excludes halogenated alkanes) is 1.